The molecular weight excluding hydrogens is 306 g/mol. The zero-order valence-electron chi connectivity index (χ0n) is 14.5. The first-order chi connectivity index (χ1) is 11.5. The van der Waals surface area contributed by atoms with E-state index in [0.29, 0.717) is 5.69 Å². The quantitative estimate of drug-likeness (QED) is 0.856. The van der Waals surface area contributed by atoms with Crippen molar-refractivity contribution in [3.8, 4) is 0 Å². The standard InChI is InChI=1S/C17H27N5O2/c1-12(24)20(2)16-6-4-10-22(16)15-8-7-14(18)17(19-15)21-9-3-5-13(21)11-23/h7-8,13,16,23H,3-6,9-11,18H2,1-2H3. The number of aromatic nitrogens is 1. The second-order valence-electron chi connectivity index (χ2n) is 6.70. The van der Waals surface area contributed by atoms with E-state index in [9.17, 15) is 9.90 Å². The van der Waals surface area contributed by atoms with Crippen molar-refractivity contribution in [3.05, 3.63) is 12.1 Å². The number of carbonyl (C=O) groups excluding carboxylic acids is 1. The molecule has 3 heterocycles. The first-order valence-electron chi connectivity index (χ1n) is 8.67. The number of nitrogens with two attached hydrogens (primary N) is 1. The lowest BCUT2D eigenvalue weighted by molar-refractivity contribution is -0.129. The number of anilines is 3. The number of nitrogens with zero attached hydrogens (tertiary/aromatic N) is 4. The van der Waals surface area contributed by atoms with Crippen LogP contribution in [0.15, 0.2) is 12.1 Å². The van der Waals surface area contributed by atoms with Crippen LogP contribution in [0.2, 0.25) is 0 Å². The fraction of sp³-hybridized carbons (Fsp3) is 0.647. The lowest BCUT2D eigenvalue weighted by Gasteiger charge is -2.33. The molecule has 132 valence electrons. The van der Waals surface area contributed by atoms with Crippen molar-refractivity contribution in [1.82, 2.24) is 9.88 Å². The Balaban J connectivity index is 1.89. The zero-order valence-corrected chi connectivity index (χ0v) is 14.5. The Morgan fingerprint density at radius 2 is 2.04 bits per heavy atom. The summed E-state index contributed by atoms with van der Waals surface area (Å²) in [5.41, 5.74) is 6.79. The zero-order chi connectivity index (χ0) is 17.3. The molecule has 2 aliphatic rings. The van der Waals surface area contributed by atoms with Crippen LogP contribution in [0, 0.1) is 0 Å². The van der Waals surface area contributed by atoms with Crippen LogP contribution in [0.1, 0.15) is 32.6 Å². The molecule has 0 spiro atoms. The van der Waals surface area contributed by atoms with Gasteiger partial charge in [0, 0.05) is 27.1 Å². The molecule has 0 radical (unpaired) electrons. The van der Waals surface area contributed by atoms with Gasteiger partial charge in [-0.1, -0.05) is 0 Å². The molecule has 2 unspecified atom stereocenters. The van der Waals surface area contributed by atoms with Gasteiger partial charge in [-0.15, -0.1) is 0 Å². The van der Waals surface area contributed by atoms with Crippen LogP contribution >= 0.6 is 0 Å². The van der Waals surface area contributed by atoms with E-state index in [1.165, 1.54) is 0 Å². The Labute approximate surface area is 143 Å². The molecule has 3 rings (SSSR count). The molecule has 1 aromatic rings. The van der Waals surface area contributed by atoms with E-state index in [4.69, 9.17) is 10.7 Å². The number of nitrogen functional groups attached to an aromatic ring is 1. The monoisotopic (exact) mass is 333 g/mol. The molecule has 2 fully saturated rings. The van der Waals surface area contributed by atoms with E-state index >= 15 is 0 Å². The first-order valence-corrected chi connectivity index (χ1v) is 8.67. The van der Waals surface area contributed by atoms with Crippen molar-refractivity contribution >= 4 is 23.2 Å². The number of aliphatic hydroxyl groups is 1. The van der Waals surface area contributed by atoms with Gasteiger partial charge in [-0.3, -0.25) is 4.79 Å². The molecule has 1 aromatic heterocycles. The van der Waals surface area contributed by atoms with Gasteiger partial charge < -0.3 is 25.5 Å². The van der Waals surface area contributed by atoms with Crippen LogP contribution < -0.4 is 15.5 Å². The highest BCUT2D eigenvalue weighted by atomic mass is 16.3. The van der Waals surface area contributed by atoms with Crippen molar-refractivity contribution in [2.45, 2.75) is 44.8 Å². The van der Waals surface area contributed by atoms with E-state index in [2.05, 4.69) is 9.80 Å². The summed E-state index contributed by atoms with van der Waals surface area (Å²) in [4.78, 5) is 22.6. The van der Waals surface area contributed by atoms with Gasteiger partial charge in [-0.2, -0.15) is 0 Å². The smallest absolute Gasteiger partial charge is 0.220 e. The number of hydrogen-bond acceptors (Lipinski definition) is 6. The molecule has 1 amide bonds. The maximum Gasteiger partial charge on any atom is 0.220 e. The fourth-order valence-electron chi connectivity index (χ4n) is 3.77. The molecule has 0 aliphatic carbocycles. The topological polar surface area (TPSA) is 85.9 Å². The molecule has 2 aliphatic heterocycles. The molecule has 2 atom stereocenters. The molecule has 7 heteroatoms. The van der Waals surface area contributed by atoms with Crippen LogP contribution in [-0.2, 0) is 4.79 Å². The van der Waals surface area contributed by atoms with Crippen LogP contribution in [0.25, 0.3) is 0 Å². The number of carbonyl (C=O) groups is 1. The first kappa shape index (κ1) is 16.8. The van der Waals surface area contributed by atoms with Crippen LogP contribution in [-0.4, -0.2) is 59.8 Å². The van der Waals surface area contributed by atoms with Gasteiger partial charge in [-0.25, -0.2) is 4.98 Å². The summed E-state index contributed by atoms with van der Waals surface area (Å²) < 4.78 is 0. The number of amides is 1. The maximum atomic E-state index is 11.7. The highest BCUT2D eigenvalue weighted by Gasteiger charge is 2.32. The van der Waals surface area contributed by atoms with E-state index in [0.717, 1.165) is 50.4 Å². The van der Waals surface area contributed by atoms with Gasteiger partial charge in [0.2, 0.25) is 5.91 Å². The predicted molar refractivity (Wildman–Crippen MR) is 94.9 cm³/mol. The SMILES string of the molecule is CC(=O)N(C)C1CCCN1c1ccc(N)c(N2CCCC2CO)n1. The minimum atomic E-state index is 0.0405. The summed E-state index contributed by atoms with van der Waals surface area (Å²) >= 11 is 0. The Morgan fingerprint density at radius 1 is 1.33 bits per heavy atom. The number of rotatable bonds is 4. The molecule has 0 bridgehead atoms. The number of pyridine rings is 1. The van der Waals surface area contributed by atoms with Crippen molar-refractivity contribution in [2.24, 2.45) is 0 Å². The Morgan fingerprint density at radius 3 is 2.75 bits per heavy atom. The van der Waals surface area contributed by atoms with E-state index < -0.39 is 0 Å². The van der Waals surface area contributed by atoms with Crippen molar-refractivity contribution in [1.29, 1.82) is 0 Å². The fourth-order valence-corrected chi connectivity index (χ4v) is 3.77. The molecule has 24 heavy (non-hydrogen) atoms. The van der Waals surface area contributed by atoms with E-state index in [-0.39, 0.29) is 24.7 Å². The van der Waals surface area contributed by atoms with Gasteiger partial charge in [0.15, 0.2) is 5.82 Å². The lowest BCUT2D eigenvalue weighted by atomic mass is 10.2. The summed E-state index contributed by atoms with van der Waals surface area (Å²) in [6, 6.07) is 3.90. The molecule has 7 nitrogen and oxygen atoms in total. The van der Waals surface area contributed by atoms with E-state index in [1.54, 1.807) is 11.8 Å². The highest BCUT2D eigenvalue weighted by molar-refractivity contribution is 5.74. The molecule has 2 saturated heterocycles. The van der Waals surface area contributed by atoms with Crippen molar-refractivity contribution in [3.63, 3.8) is 0 Å². The van der Waals surface area contributed by atoms with Gasteiger partial charge in [-0.05, 0) is 37.8 Å². The van der Waals surface area contributed by atoms with Crippen LogP contribution in [0.5, 0.6) is 0 Å². The Bertz CT molecular complexity index is 609. The number of aliphatic hydroxyl groups excluding tert-OH is 1. The largest absolute Gasteiger partial charge is 0.396 e. The van der Waals surface area contributed by atoms with Gasteiger partial charge >= 0.3 is 0 Å². The average Bonchev–Trinajstić information content (AvgIpc) is 3.23. The molecule has 0 aromatic carbocycles. The summed E-state index contributed by atoms with van der Waals surface area (Å²) in [6.07, 6.45) is 4.02. The molecule has 0 saturated carbocycles. The van der Waals surface area contributed by atoms with Gasteiger partial charge in [0.05, 0.1) is 18.3 Å². The maximum absolute atomic E-state index is 11.7. The summed E-state index contributed by atoms with van der Waals surface area (Å²) in [5, 5.41) is 9.58. The molecular formula is C17H27N5O2. The second kappa shape index (κ2) is 6.84. The number of hydrogen-bond donors (Lipinski definition) is 2. The van der Waals surface area contributed by atoms with Gasteiger partial charge in [0.25, 0.3) is 0 Å². The highest BCUT2D eigenvalue weighted by Crippen LogP contribution is 2.33. The predicted octanol–water partition coefficient (Wildman–Crippen LogP) is 1.03. The third-order valence-corrected chi connectivity index (χ3v) is 5.21. The lowest BCUT2D eigenvalue weighted by Crippen LogP contribution is -2.45. The van der Waals surface area contributed by atoms with Crippen LogP contribution in [0.3, 0.4) is 0 Å². The summed E-state index contributed by atoms with van der Waals surface area (Å²) in [5.74, 6) is 1.65. The van der Waals surface area contributed by atoms with E-state index in [1.807, 2.05) is 19.2 Å². The summed E-state index contributed by atoms with van der Waals surface area (Å²) in [6.45, 7) is 3.45. The van der Waals surface area contributed by atoms with Crippen LogP contribution in [0.4, 0.5) is 17.3 Å². The Hall–Kier alpha value is -2.02. The summed E-state index contributed by atoms with van der Waals surface area (Å²) in [7, 11) is 1.84. The normalized spacial score (nSPS) is 23.8. The third kappa shape index (κ3) is 3.00. The van der Waals surface area contributed by atoms with Crippen molar-refractivity contribution in [2.75, 3.05) is 42.3 Å². The second-order valence-corrected chi connectivity index (χ2v) is 6.70. The van der Waals surface area contributed by atoms with Crippen molar-refractivity contribution < 1.29 is 9.90 Å². The third-order valence-electron chi connectivity index (χ3n) is 5.21. The Kier molecular flexibility index (Phi) is 4.80. The molecule has 3 N–H and O–H groups in total. The minimum absolute atomic E-state index is 0.0405. The minimum Gasteiger partial charge on any atom is -0.396 e. The average molecular weight is 333 g/mol. The van der Waals surface area contributed by atoms with Gasteiger partial charge in [0.1, 0.15) is 12.0 Å².